The molecule has 0 radical (unpaired) electrons. The number of aromatic nitrogens is 1. The summed E-state index contributed by atoms with van der Waals surface area (Å²) >= 11 is 0. The first-order valence-electron chi connectivity index (χ1n) is 8.57. The molecule has 0 saturated carbocycles. The van der Waals surface area contributed by atoms with Gasteiger partial charge in [-0.2, -0.15) is 0 Å². The molecule has 0 aliphatic heterocycles. The van der Waals surface area contributed by atoms with Gasteiger partial charge in [-0.15, -0.1) is 0 Å². The molecule has 0 aliphatic rings. The first kappa shape index (κ1) is 16.5. The van der Waals surface area contributed by atoms with Crippen LogP contribution in [-0.2, 0) is 13.2 Å². The maximum atomic E-state index is 12.9. The maximum absolute atomic E-state index is 12.9. The number of nitrogens with zero attached hydrogens (tertiary/aromatic N) is 1. The van der Waals surface area contributed by atoms with Gasteiger partial charge >= 0.3 is 0 Å². The van der Waals surface area contributed by atoms with Crippen molar-refractivity contribution in [3.8, 4) is 0 Å². The minimum atomic E-state index is -0.00872. The number of ketones is 1. The van der Waals surface area contributed by atoms with Crippen molar-refractivity contribution in [1.29, 1.82) is 0 Å². The van der Waals surface area contributed by atoms with E-state index in [0.717, 1.165) is 35.0 Å². The molecule has 3 aromatic rings. The second-order valence-corrected chi connectivity index (χ2v) is 6.14. The summed E-state index contributed by atoms with van der Waals surface area (Å²) in [7, 11) is 0. The molecule has 3 heteroatoms. The van der Waals surface area contributed by atoms with E-state index >= 15 is 0 Å². The van der Waals surface area contributed by atoms with Gasteiger partial charge in [-0.1, -0.05) is 62.2 Å². The van der Waals surface area contributed by atoms with Crippen molar-refractivity contribution in [2.24, 2.45) is 0 Å². The van der Waals surface area contributed by atoms with Crippen LogP contribution in [0.2, 0.25) is 0 Å². The molecular formula is C21H23NO2. The molecule has 1 heterocycles. The highest BCUT2D eigenvalue weighted by Gasteiger charge is 2.16. The average Bonchev–Trinajstić information content (AvgIpc) is 3.00. The van der Waals surface area contributed by atoms with Gasteiger partial charge in [-0.3, -0.25) is 4.79 Å². The number of carbonyl (C=O) groups is 1. The van der Waals surface area contributed by atoms with Crippen LogP contribution in [0.1, 0.15) is 47.7 Å². The second-order valence-electron chi connectivity index (χ2n) is 6.14. The van der Waals surface area contributed by atoms with Crippen LogP contribution in [0.15, 0.2) is 54.7 Å². The lowest BCUT2D eigenvalue weighted by atomic mass is 10.0. The van der Waals surface area contributed by atoms with E-state index in [2.05, 4.69) is 17.6 Å². The lowest BCUT2D eigenvalue weighted by molar-refractivity contribution is 0.104. The molecule has 0 saturated heterocycles. The first-order valence-corrected chi connectivity index (χ1v) is 8.57. The summed E-state index contributed by atoms with van der Waals surface area (Å²) in [4.78, 5) is 12.9. The number of benzene rings is 2. The van der Waals surface area contributed by atoms with Gasteiger partial charge in [0.1, 0.15) is 0 Å². The average molecular weight is 321 g/mol. The molecule has 0 amide bonds. The third-order valence-corrected chi connectivity index (χ3v) is 4.43. The van der Waals surface area contributed by atoms with E-state index in [4.69, 9.17) is 5.11 Å². The summed E-state index contributed by atoms with van der Waals surface area (Å²) in [6.07, 6.45) is 5.48. The van der Waals surface area contributed by atoms with Crippen LogP contribution in [0.5, 0.6) is 0 Å². The van der Waals surface area contributed by atoms with Crippen LogP contribution in [0, 0.1) is 0 Å². The zero-order valence-electron chi connectivity index (χ0n) is 14.0. The standard InChI is InChI=1S/C21H23NO2/c1-2-3-6-13-22-14-19(18-7-4-5-8-20(18)22)21(24)17-11-9-16(15-23)10-12-17/h4-5,7-12,14,23H,2-3,6,13,15H2,1H3. The lowest BCUT2D eigenvalue weighted by Gasteiger charge is -2.03. The predicted octanol–water partition coefficient (Wildman–Crippen LogP) is 4.55. The Morgan fingerprint density at radius 1 is 1.04 bits per heavy atom. The van der Waals surface area contributed by atoms with Gasteiger partial charge in [0.15, 0.2) is 5.78 Å². The Hall–Kier alpha value is -2.39. The lowest BCUT2D eigenvalue weighted by Crippen LogP contribution is -2.01. The smallest absolute Gasteiger partial charge is 0.195 e. The summed E-state index contributed by atoms with van der Waals surface area (Å²) < 4.78 is 2.19. The molecule has 1 N–H and O–H groups in total. The molecule has 124 valence electrons. The number of hydrogen-bond donors (Lipinski definition) is 1. The molecule has 0 unspecified atom stereocenters. The van der Waals surface area contributed by atoms with Gasteiger partial charge in [0.2, 0.25) is 0 Å². The Bertz CT molecular complexity index is 831. The van der Waals surface area contributed by atoms with Crippen LogP contribution in [0.4, 0.5) is 0 Å². The molecule has 2 aromatic carbocycles. The fraction of sp³-hybridized carbons (Fsp3) is 0.286. The zero-order chi connectivity index (χ0) is 16.9. The third-order valence-electron chi connectivity index (χ3n) is 4.43. The number of carbonyl (C=O) groups excluding carboxylic acids is 1. The second kappa shape index (κ2) is 7.45. The van der Waals surface area contributed by atoms with E-state index in [1.807, 2.05) is 24.4 Å². The quantitative estimate of drug-likeness (QED) is 0.512. The van der Waals surface area contributed by atoms with Gasteiger partial charge < -0.3 is 9.67 Å². The monoisotopic (exact) mass is 321 g/mol. The number of fused-ring (bicyclic) bond motifs is 1. The summed E-state index contributed by atoms with van der Waals surface area (Å²) in [5.41, 5.74) is 3.33. The fourth-order valence-corrected chi connectivity index (χ4v) is 3.06. The highest BCUT2D eigenvalue weighted by molar-refractivity contribution is 6.16. The topological polar surface area (TPSA) is 42.2 Å². The van der Waals surface area contributed by atoms with Crippen molar-refractivity contribution in [1.82, 2.24) is 4.57 Å². The third kappa shape index (κ3) is 3.26. The first-order chi connectivity index (χ1) is 11.7. The number of unbranched alkanes of at least 4 members (excludes halogenated alkanes) is 2. The van der Waals surface area contributed by atoms with Gasteiger partial charge in [-0.05, 0) is 18.1 Å². The fourth-order valence-electron chi connectivity index (χ4n) is 3.06. The summed E-state index contributed by atoms with van der Waals surface area (Å²) in [6, 6.07) is 15.3. The van der Waals surface area contributed by atoms with E-state index < -0.39 is 0 Å². The summed E-state index contributed by atoms with van der Waals surface area (Å²) in [6.45, 7) is 3.12. The van der Waals surface area contributed by atoms with Crippen molar-refractivity contribution in [3.05, 3.63) is 71.4 Å². The van der Waals surface area contributed by atoms with Crippen LogP contribution in [0.25, 0.3) is 10.9 Å². The Morgan fingerprint density at radius 2 is 1.79 bits per heavy atom. The van der Waals surface area contributed by atoms with Gasteiger partial charge in [0.25, 0.3) is 0 Å². The zero-order valence-corrected chi connectivity index (χ0v) is 14.0. The molecule has 3 rings (SSSR count). The van der Waals surface area contributed by atoms with E-state index in [-0.39, 0.29) is 12.4 Å². The molecule has 1 aromatic heterocycles. The van der Waals surface area contributed by atoms with E-state index in [9.17, 15) is 4.79 Å². The minimum absolute atomic E-state index is 0.00872. The van der Waals surface area contributed by atoms with Crippen molar-refractivity contribution in [2.75, 3.05) is 0 Å². The Balaban J connectivity index is 1.97. The van der Waals surface area contributed by atoms with Gasteiger partial charge in [0.05, 0.1) is 6.61 Å². The van der Waals surface area contributed by atoms with Crippen LogP contribution < -0.4 is 0 Å². The van der Waals surface area contributed by atoms with E-state index in [0.29, 0.717) is 5.56 Å². The molecule has 3 nitrogen and oxygen atoms in total. The highest BCUT2D eigenvalue weighted by atomic mass is 16.3. The SMILES string of the molecule is CCCCCn1cc(C(=O)c2ccc(CO)cc2)c2ccccc21. The molecule has 24 heavy (non-hydrogen) atoms. The molecule has 0 bridgehead atoms. The molecule has 0 fully saturated rings. The maximum Gasteiger partial charge on any atom is 0.195 e. The number of para-hydroxylation sites is 1. The van der Waals surface area contributed by atoms with Crippen LogP contribution in [0.3, 0.4) is 0 Å². The van der Waals surface area contributed by atoms with E-state index in [1.54, 1.807) is 24.3 Å². The van der Waals surface area contributed by atoms with Crippen molar-refractivity contribution >= 4 is 16.7 Å². The molecule has 0 aliphatic carbocycles. The molecular weight excluding hydrogens is 298 g/mol. The Morgan fingerprint density at radius 3 is 2.50 bits per heavy atom. The summed E-state index contributed by atoms with van der Waals surface area (Å²) in [5.74, 6) is 0.0323. The number of aliphatic hydroxyl groups is 1. The van der Waals surface area contributed by atoms with E-state index in [1.165, 1.54) is 12.8 Å². The largest absolute Gasteiger partial charge is 0.392 e. The number of aliphatic hydroxyl groups excluding tert-OH is 1. The predicted molar refractivity (Wildman–Crippen MR) is 97.3 cm³/mol. The van der Waals surface area contributed by atoms with Gasteiger partial charge in [-0.25, -0.2) is 0 Å². The summed E-state index contributed by atoms with van der Waals surface area (Å²) in [5, 5.41) is 10.1. The van der Waals surface area contributed by atoms with Crippen molar-refractivity contribution < 1.29 is 9.90 Å². The highest BCUT2D eigenvalue weighted by Crippen LogP contribution is 2.24. The Kier molecular flexibility index (Phi) is 5.11. The van der Waals surface area contributed by atoms with Gasteiger partial charge in [0, 0.05) is 34.8 Å². The molecule has 0 spiro atoms. The number of aryl methyl sites for hydroxylation is 1. The van der Waals surface area contributed by atoms with Crippen molar-refractivity contribution in [2.45, 2.75) is 39.3 Å². The van der Waals surface area contributed by atoms with Crippen molar-refractivity contribution in [3.63, 3.8) is 0 Å². The number of hydrogen-bond acceptors (Lipinski definition) is 2. The molecule has 0 atom stereocenters. The van der Waals surface area contributed by atoms with Crippen LogP contribution in [-0.4, -0.2) is 15.5 Å². The Labute approximate surface area is 142 Å². The number of rotatable bonds is 7. The minimum Gasteiger partial charge on any atom is -0.392 e. The normalized spacial score (nSPS) is 11.1. The van der Waals surface area contributed by atoms with Crippen LogP contribution >= 0.6 is 0 Å².